The van der Waals surface area contributed by atoms with Gasteiger partial charge in [0.1, 0.15) is 0 Å². The third-order valence-electron chi connectivity index (χ3n) is 15.2. The van der Waals surface area contributed by atoms with Crippen LogP contribution in [0.15, 0.2) is 36.5 Å². The van der Waals surface area contributed by atoms with Crippen molar-refractivity contribution in [2.45, 2.75) is 366 Å². The van der Waals surface area contributed by atoms with Crippen LogP contribution in [0.2, 0.25) is 0 Å². The number of nitrogens with one attached hydrogen (secondary N) is 1. The monoisotopic (exact) mass is 1030 g/mol. The predicted octanol–water partition coefficient (Wildman–Crippen LogP) is 20.8. The Hall–Kier alpha value is -1.92. The smallest absolute Gasteiger partial charge is 0.305 e. The molecule has 0 saturated heterocycles. The van der Waals surface area contributed by atoms with Crippen molar-refractivity contribution in [3.63, 3.8) is 0 Å². The van der Waals surface area contributed by atoms with Gasteiger partial charge in [0.15, 0.2) is 0 Å². The van der Waals surface area contributed by atoms with Gasteiger partial charge in [0, 0.05) is 12.8 Å². The number of aliphatic hydroxyl groups is 2. The van der Waals surface area contributed by atoms with Crippen molar-refractivity contribution >= 4 is 11.9 Å². The Labute approximate surface area is 455 Å². The van der Waals surface area contributed by atoms with Crippen molar-refractivity contribution in [2.24, 2.45) is 0 Å². The minimum Gasteiger partial charge on any atom is -0.466 e. The molecule has 0 saturated carbocycles. The molecule has 430 valence electrons. The van der Waals surface area contributed by atoms with Gasteiger partial charge in [0.05, 0.1) is 25.4 Å². The van der Waals surface area contributed by atoms with Crippen LogP contribution in [0.4, 0.5) is 0 Å². The summed E-state index contributed by atoms with van der Waals surface area (Å²) in [6.07, 6.45) is 79.2. The highest BCUT2D eigenvalue weighted by Crippen LogP contribution is 2.18. The number of amides is 1. The van der Waals surface area contributed by atoms with Gasteiger partial charge in [0.2, 0.25) is 5.91 Å². The van der Waals surface area contributed by atoms with Gasteiger partial charge in [0.25, 0.3) is 0 Å². The number of allylic oxidation sites excluding steroid dienone is 5. The fraction of sp³-hybridized carbons (Fsp3) is 0.881. The summed E-state index contributed by atoms with van der Waals surface area (Å²) in [6, 6.07) is -0.625. The SMILES string of the molecule is CCCCC/C=C\C/C=C\CCCCCCCCCC(=O)OCCCCCCCCCCCCCCCCCCCCCCCCCCCCCC(=O)NC(CO)C(O)/C=C/CCCCCCCCCCCC. The molecular weight excluding hydrogens is 899 g/mol. The van der Waals surface area contributed by atoms with Gasteiger partial charge >= 0.3 is 5.97 Å². The van der Waals surface area contributed by atoms with Gasteiger partial charge in [-0.1, -0.05) is 314 Å². The normalized spacial score (nSPS) is 12.8. The molecule has 0 aliphatic heterocycles. The number of carbonyl (C=O) groups is 2. The van der Waals surface area contributed by atoms with E-state index in [9.17, 15) is 19.8 Å². The lowest BCUT2D eigenvalue weighted by Gasteiger charge is -2.20. The average Bonchev–Trinajstić information content (AvgIpc) is 3.39. The summed E-state index contributed by atoms with van der Waals surface area (Å²) in [5, 5.41) is 23.1. The standard InChI is InChI=1S/C67H127NO5/c1-3-5-7-9-11-13-15-17-18-30-34-37-41-45-49-53-57-61-67(72)73-62-58-54-50-46-42-38-35-32-29-27-25-23-21-19-20-22-24-26-28-31-33-36-40-44-48-52-56-60-66(71)68-64(63-69)65(70)59-55-51-47-43-39-16-14-12-10-8-6-4-2/h11,13,17-18,55,59,64-65,69-70H,3-10,12,14-16,19-54,56-58,60-63H2,1-2H3,(H,68,71)/b13-11-,18-17-,59-55+. The van der Waals surface area contributed by atoms with E-state index in [0.717, 1.165) is 51.4 Å². The average molecular weight is 1030 g/mol. The second kappa shape index (κ2) is 62.6. The topological polar surface area (TPSA) is 95.9 Å². The highest BCUT2D eigenvalue weighted by atomic mass is 16.5. The number of rotatable bonds is 61. The molecular formula is C67H127NO5. The molecule has 6 nitrogen and oxygen atoms in total. The quantitative estimate of drug-likeness (QED) is 0.0320. The van der Waals surface area contributed by atoms with Gasteiger partial charge in [-0.2, -0.15) is 0 Å². The molecule has 0 fully saturated rings. The first-order valence-corrected chi connectivity index (χ1v) is 32.8. The van der Waals surface area contributed by atoms with Crippen LogP contribution in [0.5, 0.6) is 0 Å². The Kier molecular flexibility index (Phi) is 61.0. The number of ether oxygens (including phenoxy) is 1. The van der Waals surface area contributed by atoms with E-state index in [-0.39, 0.29) is 18.5 Å². The van der Waals surface area contributed by atoms with Crippen LogP contribution in [0.3, 0.4) is 0 Å². The first-order valence-electron chi connectivity index (χ1n) is 32.8. The summed E-state index contributed by atoms with van der Waals surface area (Å²) in [7, 11) is 0. The molecule has 2 atom stereocenters. The summed E-state index contributed by atoms with van der Waals surface area (Å²) in [5.74, 6) is -0.0551. The summed E-state index contributed by atoms with van der Waals surface area (Å²) in [4.78, 5) is 24.5. The second-order valence-corrected chi connectivity index (χ2v) is 22.5. The molecule has 3 N–H and O–H groups in total. The minimum absolute atomic E-state index is 0.00998. The first kappa shape index (κ1) is 71.1. The Morgan fingerprint density at radius 2 is 0.685 bits per heavy atom. The molecule has 2 unspecified atom stereocenters. The van der Waals surface area contributed by atoms with Gasteiger partial charge in [-0.05, 0) is 64.2 Å². The number of esters is 1. The lowest BCUT2D eigenvalue weighted by atomic mass is 10.0. The Bertz CT molecular complexity index is 1180. The maximum atomic E-state index is 12.4. The molecule has 73 heavy (non-hydrogen) atoms. The second-order valence-electron chi connectivity index (χ2n) is 22.5. The molecule has 0 aromatic carbocycles. The molecule has 0 bridgehead atoms. The van der Waals surface area contributed by atoms with Gasteiger partial charge in [-0.3, -0.25) is 9.59 Å². The Balaban J connectivity index is 3.34. The van der Waals surface area contributed by atoms with E-state index in [1.165, 1.54) is 276 Å². The molecule has 0 rings (SSSR count). The zero-order chi connectivity index (χ0) is 52.9. The van der Waals surface area contributed by atoms with Crippen molar-refractivity contribution in [2.75, 3.05) is 13.2 Å². The summed E-state index contributed by atoms with van der Waals surface area (Å²) in [6.45, 7) is 4.89. The largest absolute Gasteiger partial charge is 0.466 e. The van der Waals surface area contributed by atoms with Crippen LogP contribution in [0.1, 0.15) is 354 Å². The third-order valence-corrected chi connectivity index (χ3v) is 15.2. The van der Waals surface area contributed by atoms with Crippen molar-refractivity contribution in [3.05, 3.63) is 36.5 Å². The van der Waals surface area contributed by atoms with Crippen molar-refractivity contribution in [1.82, 2.24) is 5.32 Å². The van der Waals surface area contributed by atoms with E-state index in [4.69, 9.17) is 4.74 Å². The Morgan fingerprint density at radius 1 is 0.384 bits per heavy atom. The van der Waals surface area contributed by atoms with E-state index in [1.807, 2.05) is 6.08 Å². The summed E-state index contributed by atoms with van der Waals surface area (Å²) >= 11 is 0. The van der Waals surface area contributed by atoms with Crippen molar-refractivity contribution < 1.29 is 24.5 Å². The van der Waals surface area contributed by atoms with Gasteiger partial charge < -0.3 is 20.3 Å². The molecule has 0 aliphatic carbocycles. The zero-order valence-electron chi connectivity index (χ0n) is 49.1. The van der Waals surface area contributed by atoms with E-state index < -0.39 is 12.1 Å². The first-order chi connectivity index (χ1) is 36.0. The number of hydrogen-bond donors (Lipinski definition) is 3. The number of hydrogen-bond acceptors (Lipinski definition) is 5. The maximum absolute atomic E-state index is 12.4. The van der Waals surface area contributed by atoms with Crippen LogP contribution in [0.25, 0.3) is 0 Å². The number of aliphatic hydroxyl groups excluding tert-OH is 2. The fourth-order valence-electron chi connectivity index (χ4n) is 10.1. The number of carbonyl (C=O) groups excluding carboxylic acids is 2. The van der Waals surface area contributed by atoms with Crippen LogP contribution < -0.4 is 5.32 Å². The van der Waals surface area contributed by atoms with E-state index in [0.29, 0.717) is 19.4 Å². The molecule has 0 aromatic heterocycles. The van der Waals surface area contributed by atoms with E-state index >= 15 is 0 Å². The van der Waals surface area contributed by atoms with Crippen LogP contribution in [-0.2, 0) is 14.3 Å². The molecule has 0 radical (unpaired) electrons. The lowest BCUT2D eigenvalue weighted by Crippen LogP contribution is -2.45. The van der Waals surface area contributed by atoms with E-state index in [2.05, 4.69) is 43.5 Å². The highest BCUT2D eigenvalue weighted by molar-refractivity contribution is 5.76. The number of unbranched alkanes of at least 4 members (excludes halogenated alkanes) is 46. The maximum Gasteiger partial charge on any atom is 0.305 e. The zero-order valence-corrected chi connectivity index (χ0v) is 49.1. The molecule has 0 spiro atoms. The molecule has 0 aromatic rings. The fourth-order valence-corrected chi connectivity index (χ4v) is 10.1. The van der Waals surface area contributed by atoms with Gasteiger partial charge in [-0.25, -0.2) is 0 Å². The molecule has 0 aliphatic rings. The van der Waals surface area contributed by atoms with E-state index in [1.54, 1.807) is 6.08 Å². The minimum atomic E-state index is -0.841. The van der Waals surface area contributed by atoms with Crippen LogP contribution in [0, 0.1) is 0 Å². The van der Waals surface area contributed by atoms with Crippen LogP contribution >= 0.6 is 0 Å². The van der Waals surface area contributed by atoms with Crippen molar-refractivity contribution in [3.8, 4) is 0 Å². The summed E-state index contributed by atoms with van der Waals surface area (Å²) in [5.41, 5.74) is 0. The Morgan fingerprint density at radius 3 is 1.07 bits per heavy atom. The highest BCUT2D eigenvalue weighted by Gasteiger charge is 2.18. The van der Waals surface area contributed by atoms with Crippen LogP contribution in [-0.4, -0.2) is 47.4 Å². The molecule has 0 heterocycles. The molecule has 6 heteroatoms. The van der Waals surface area contributed by atoms with Gasteiger partial charge in [-0.15, -0.1) is 0 Å². The predicted molar refractivity (Wildman–Crippen MR) is 319 cm³/mol. The summed E-state index contributed by atoms with van der Waals surface area (Å²) < 4.78 is 5.50. The lowest BCUT2D eigenvalue weighted by molar-refractivity contribution is -0.143. The van der Waals surface area contributed by atoms with Crippen molar-refractivity contribution in [1.29, 1.82) is 0 Å². The third kappa shape index (κ3) is 59.2. The molecule has 1 amide bonds.